The second kappa shape index (κ2) is 10.4. The quantitative estimate of drug-likeness (QED) is 0.758. The Hall–Kier alpha value is -1.34. The van der Waals surface area contributed by atoms with Gasteiger partial charge in [-0.2, -0.15) is 0 Å². The van der Waals surface area contributed by atoms with Gasteiger partial charge in [0.1, 0.15) is 11.5 Å². The third kappa shape index (κ3) is 7.30. The summed E-state index contributed by atoms with van der Waals surface area (Å²) in [6.07, 6.45) is 0. The molecule has 0 aliphatic rings. The van der Waals surface area contributed by atoms with Crippen LogP contribution < -0.4 is 0 Å². The molecule has 0 aromatic heterocycles. The van der Waals surface area contributed by atoms with E-state index in [2.05, 4.69) is 6.58 Å². The summed E-state index contributed by atoms with van der Waals surface area (Å²) in [7, 11) is -2.51. The van der Waals surface area contributed by atoms with Crippen LogP contribution in [-0.4, -0.2) is 38.8 Å². The molecule has 0 fully saturated rings. The van der Waals surface area contributed by atoms with Gasteiger partial charge in [-0.15, -0.1) is 0 Å². The molecule has 20 heavy (non-hydrogen) atoms. The second-order valence-electron chi connectivity index (χ2n) is 3.63. The SMILES string of the molecule is C=C[Si](OCC)(OCC)OCC.Oc1cccc(O)c1. The summed E-state index contributed by atoms with van der Waals surface area (Å²) < 4.78 is 16.3. The van der Waals surface area contributed by atoms with Gasteiger partial charge >= 0.3 is 8.80 Å². The van der Waals surface area contributed by atoms with Crippen LogP contribution in [0.4, 0.5) is 0 Å². The van der Waals surface area contributed by atoms with E-state index in [1.165, 1.54) is 18.2 Å². The molecule has 0 atom stereocenters. The first-order chi connectivity index (χ1) is 9.53. The van der Waals surface area contributed by atoms with E-state index in [9.17, 15) is 0 Å². The third-order valence-corrected chi connectivity index (χ3v) is 4.69. The normalized spacial score (nSPS) is 10.6. The Morgan fingerprint density at radius 2 is 1.40 bits per heavy atom. The molecule has 0 aliphatic carbocycles. The van der Waals surface area contributed by atoms with Crippen molar-refractivity contribution in [3.8, 4) is 11.5 Å². The zero-order valence-electron chi connectivity index (χ0n) is 12.3. The second-order valence-corrected chi connectivity index (χ2v) is 6.11. The maximum atomic E-state index is 8.65. The first-order valence-electron chi connectivity index (χ1n) is 6.57. The van der Waals surface area contributed by atoms with Gasteiger partial charge in [-0.25, -0.2) is 0 Å². The molecule has 114 valence electrons. The van der Waals surface area contributed by atoms with Crippen LogP contribution in [0.25, 0.3) is 0 Å². The lowest BCUT2D eigenvalue weighted by Crippen LogP contribution is -2.44. The molecule has 0 aliphatic heterocycles. The summed E-state index contributed by atoms with van der Waals surface area (Å²) in [5.74, 6) is 0.176. The van der Waals surface area contributed by atoms with Crippen LogP contribution in [-0.2, 0) is 13.3 Å². The van der Waals surface area contributed by atoms with E-state index >= 15 is 0 Å². The van der Waals surface area contributed by atoms with Crippen LogP contribution in [0.3, 0.4) is 0 Å². The maximum Gasteiger partial charge on any atom is 0.528 e. The summed E-state index contributed by atoms with van der Waals surface area (Å²) in [6.45, 7) is 11.2. The number of benzene rings is 1. The molecule has 0 radical (unpaired) electrons. The highest BCUT2D eigenvalue weighted by Crippen LogP contribution is 2.14. The molecule has 0 saturated heterocycles. The fraction of sp³-hybridized carbons (Fsp3) is 0.429. The van der Waals surface area contributed by atoms with Crippen molar-refractivity contribution in [1.29, 1.82) is 0 Å². The van der Waals surface area contributed by atoms with Crippen LogP contribution >= 0.6 is 0 Å². The van der Waals surface area contributed by atoms with Crippen molar-refractivity contribution in [3.05, 3.63) is 36.5 Å². The molecule has 5 nitrogen and oxygen atoms in total. The average molecular weight is 300 g/mol. The summed E-state index contributed by atoms with van der Waals surface area (Å²) in [6, 6.07) is 5.85. The Labute approximate surface area is 121 Å². The molecule has 0 saturated carbocycles. The topological polar surface area (TPSA) is 68.2 Å². The van der Waals surface area contributed by atoms with E-state index in [4.69, 9.17) is 23.5 Å². The molecule has 2 N–H and O–H groups in total. The highest BCUT2D eigenvalue weighted by atomic mass is 28.4. The van der Waals surface area contributed by atoms with Gasteiger partial charge in [0.05, 0.1) is 0 Å². The summed E-state index contributed by atoms with van der Waals surface area (Å²) >= 11 is 0. The van der Waals surface area contributed by atoms with Crippen molar-refractivity contribution in [1.82, 2.24) is 0 Å². The van der Waals surface area contributed by atoms with Crippen LogP contribution in [0.15, 0.2) is 36.5 Å². The largest absolute Gasteiger partial charge is 0.528 e. The average Bonchev–Trinajstić information content (AvgIpc) is 2.40. The fourth-order valence-corrected chi connectivity index (χ4v) is 3.21. The zero-order chi connectivity index (χ0) is 15.4. The Bertz CT molecular complexity index is 349. The van der Waals surface area contributed by atoms with E-state index in [1.54, 1.807) is 11.8 Å². The summed E-state index contributed by atoms with van der Waals surface area (Å²) in [5, 5.41) is 17.3. The van der Waals surface area contributed by atoms with E-state index < -0.39 is 8.80 Å². The minimum Gasteiger partial charge on any atom is -0.508 e. The lowest BCUT2D eigenvalue weighted by molar-refractivity contribution is 0.0844. The molecular weight excluding hydrogens is 276 g/mol. The number of phenolic OH excluding ortho intramolecular Hbond substituents is 2. The molecule has 6 heteroatoms. The minimum atomic E-state index is -2.51. The summed E-state index contributed by atoms with van der Waals surface area (Å²) in [4.78, 5) is 0. The molecule has 1 rings (SSSR count). The number of aromatic hydroxyl groups is 2. The van der Waals surface area contributed by atoms with Crippen molar-refractivity contribution in [3.63, 3.8) is 0 Å². The van der Waals surface area contributed by atoms with Crippen LogP contribution in [0.1, 0.15) is 20.8 Å². The third-order valence-electron chi connectivity index (χ3n) is 2.12. The molecule has 1 aromatic carbocycles. The number of hydrogen-bond acceptors (Lipinski definition) is 5. The first kappa shape index (κ1) is 18.7. The molecule has 0 unspecified atom stereocenters. The summed E-state index contributed by atoms with van der Waals surface area (Å²) in [5.41, 5.74) is 1.67. The van der Waals surface area contributed by atoms with E-state index in [-0.39, 0.29) is 11.5 Å². The zero-order valence-corrected chi connectivity index (χ0v) is 13.3. The van der Waals surface area contributed by atoms with Crippen LogP contribution in [0, 0.1) is 0 Å². The lowest BCUT2D eigenvalue weighted by atomic mass is 10.3. The van der Waals surface area contributed by atoms with Gasteiger partial charge in [0.15, 0.2) is 0 Å². The van der Waals surface area contributed by atoms with Gasteiger partial charge in [-0.05, 0) is 38.6 Å². The van der Waals surface area contributed by atoms with Crippen molar-refractivity contribution in [2.45, 2.75) is 20.8 Å². The van der Waals surface area contributed by atoms with Crippen LogP contribution in [0.5, 0.6) is 11.5 Å². The predicted molar refractivity (Wildman–Crippen MR) is 80.6 cm³/mol. The van der Waals surface area contributed by atoms with Crippen molar-refractivity contribution < 1.29 is 23.5 Å². The Kier molecular flexibility index (Phi) is 9.74. The molecule has 1 aromatic rings. The van der Waals surface area contributed by atoms with Gasteiger partial charge in [-0.3, -0.25) is 0 Å². The van der Waals surface area contributed by atoms with E-state index in [1.807, 2.05) is 20.8 Å². The molecule has 0 bridgehead atoms. The molecular formula is C14H24O5Si. The minimum absolute atomic E-state index is 0.0880. The Morgan fingerprint density at radius 1 is 1.00 bits per heavy atom. The number of phenols is 2. The lowest BCUT2D eigenvalue weighted by Gasteiger charge is -2.24. The molecule has 0 spiro atoms. The monoisotopic (exact) mass is 300 g/mol. The first-order valence-corrected chi connectivity index (χ1v) is 8.37. The molecule has 0 heterocycles. The Balaban J connectivity index is 0.000000388. The fourth-order valence-electron chi connectivity index (χ4n) is 1.40. The smallest absolute Gasteiger partial charge is 0.508 e. The van der Waals surface area contributed by atoms with Crippen LogP contribution in [0.2, 0.25) is 0 Å². The van der Waals surface area contributed by atoms with Gasteiger partial charge in [-0.1, -0.05) is 12.6 Å². The van der Waals surface area contributed by atoms with E-state index in [0.717, 1.165) is 0 Å². The van der Waals surface area contributed by atoms with Crippen molar-refractivity contribution in [2.24, 2.45) is 0 Å². The number of rotatable bonds is 7. The molecule has 0 amide bonds. The number of hydrogen-bond donors (Lipinski definition) is 2. The maximum absolute atomic E-state index is 8.65. The highest BCUT2D eigenvalue weighted by Gasteiger charge is 2.36. The van der Waals surface area contributed by atoms with Gasteiger partial charge < -0.3 is 23.5 Å². The van der Waals surface area contributed by atoms with E-state index in [0.29, 0.717) is 19.8 Å². The predicted octanol–water partition coefficient (Wildman–Crippen LogP) is 2.86. The Morgan fingerprint density at radius 3 is 1.60 bits per heavy atom. The standard InChI is InChI=1S/C8H18O3Si.C6H6O2/c1-5-9-12(8-4,10-6-2)11-7-3;7-5-2-1-3-6(8)4-5/h8H,4-7H2,1-3H3;1-4,7-8H. The van der Waals surface area contributed by atoms with Gasteiger partial charge in [0, 0.05) is 25.9 Å². The van der Waals surface area contributed by atoms with Crippen molar-refractivity contribution in [2.75, 3.05) is 19.8 Å². The van der Waals surface area contributed by atoms with Gasteiger partial charge in [0.25, 0.3) is 0 Å². The van der Waals surface area contributed by atoms with Crippen molar-refractivity contribution >= 4 is 8.80 Å². The van der Waals surface area contributed by atoms with Gasteiger partial charge in [0.2, 0.25) is 0 Å². The highest BCUT2D eigenvalue weighted by molar-refractivity contribution is 6.66.